The molecule has 1 saturated heterocycles. The Morgan fingerprint density at radius 3 is 2.69 bits per heavy atom. The summed E-state index contributed by atoms with van der Waals surface area (Å²) in [5.41, 5.74) is 1.83. The summed E-state index contributed by atoms with van der Waals surface area (Å²) in [6, 6.07) is 2.23. The highest BCUT2D eigenvalue weighted by Gasteiger charge is 2.17. The molecule has 0 aromatic carbocycles. The fraction of sp³-hybridized carbons (Fsp3) is 0.421. The van der Waals surface area contributed by atoms with Crippen molar-refractivity contribution in [1.29, 1.82) is 0 Å². The Balaban J connectivity index is 1.41. The molecular formula is C19H23N7O2S. The lowest BCUT2D eigenvalue weighted by atomic mass is 10.2. The van der Waals surface area contributed by atoms with Gasteiger partial charge in [0.2, 0.25) is 5.95 Å². The first-order valence-corrected chi connectivity index (χ1v) is 10.2. The maximum absolute atomic E-state index is 5.90. The van der Waals surface area contributed by atoms with Crippen LogP contribution in [-0.4, -0.2) is 63.2 Å². The maximum Gasteiger partial charge on any atom is 0.317 e. The van der Waals surface area contributed by atoms with Gasteiger partial charge in [0.05, 0.1) is 23.8 Å². The second kappa shape index (κ2) is 9.21. The van der Waals surface area contributed by atoms with Crippen LogP contribution in [0.15, 0.2) is 30.9 Å². The minimum absolute atomic E-state index is 0.102. The molecule has 29 heavy (non-hydrogen) atoms. The van der Waals surface area contributed by atoms with E-state index < -0.39 is 0 Å². The van der Waals surface area contributed by atoms with E-state index in [9.17, 15) is 0 Å². The third-order valence-corrected chi connectivity index (χ3v) is 5.19. The van der Waals surface area contributed by atoms with Crippen LogP contribution in [0, 0.1) is 0 Å². The van der Waals surface area contributed by atoms with Gasteiger partial charge in [-0.3, -0.25) is 0 Å². The van der Waals surface area contributed by atoms with Gasteiger partial charge in [-0.05, 0) is 20.2 Å². The minimum atomic E-state index is 0.102. The van der Waals surface area contributed by atoms with E-state index in [-0.39, 0.29) is 6.10 Å². The van der Waals surface area contributed by atoms with Gasteiger partial charge < -0.3 is 19.7 Å². The van der Waals surface area contributed by atoms with Crippen LogP contribution >= 0.6 is 11.3 Å². The molecule has 0 spiro atoms. The number of aromatic nitrogens is 5. The summed E-state index contributed by atoms with van der Waals surface area (Å²) in [5.74, 6) is 0.514. The first-order chi connectivity index (χ1) is 14.2. The van der Waals surface area contributed by atoms with Crippen molar-refractivity contribution in [2.75, 3.05) is 32.6 Å². The Labute approximate surface area is 173 Å². The SMILES string of the molecule is CN(C)Cc1cnc(Nc2ncc(-c3ccnc(OC4CCOCC4)n3)s2)nc1. The molecule has 0 unspecified atom stereocenters. The molecule has 4 heterocycles. The fourth-order valence-electron chi connectivity index (χ4n) is 2.89. The highest BCUT2D eigenvalue weighted by molar-refractivity contribution is 7.18. The van der Waals surface area contributed by atoms with Gasteiger partial charge in [0.1, 0.15) is 6.10 Å². The van der Waals surface area contributed by atoms with Crippen LogP contribution in [0.25, 0.3) is 10.6 Å². The van der Waals surface area contributed by atoms with Gasteiger partial charge in [-0.15, -0.1) is 0 Å². The number of hydrogen-bond acceptors (Lipinski definition) is 10. The zero-order chi connectivity index (χ0) is 20.1. The molecule has 0 amide bonds. The summed E-state index contributed by atoms with van der Waals surface area (Å²) < 4.78 is 11.3. The van der Waals surface area contributed by atoms with E-state index in [0.29, 0.717) is 30.3 Å². The van der Waals surface area contributed by atoms with Crippen molar-refractivity contribution in [2.45, 2.75) is 25.5 Å². The van der Waals surface area contributed by atoms with Crippen molar-refractivity contribution >= 4 is 22.4 Å². The molecule has 1 aliphatic heterocycles. The zero-order valence-corrected chi connectivity index (χ0v) is 17.2. The maximum atomic E-state index is 5.90. The van der Waals surface area contributed by atoms with Crippen LogP contribution in [0.4, 0.5) is 11.1 Å². The summed E-state index contributed by atoms with van der Waals surface area (Å²) in [7, 11) is 4.02. The largest absolute Gasteiger partial charge is 0.460 e. The fourth-order valence-corrected chi connectivity index (χ4v) is 3.67. The van der Waals surface area contributed by atoms with E-state index in [0.717, 1.165) is 35.5 Å². The third-order valence-electron chi connectivity index (χ3n) is 4.25. The average Bonchev–Trinajstić information content (AvgIpc) is 3.19. The third kappa shape index (κ3) is 5.43. The molecule has 0 radical (unpaired) electrons. The average molecular weight is 414 g/mol. The number of ether oxygens (including phenoxy) is 2. The van der Waals surface area contributed by atoms with Crippen LogP contribution in [0.1, 0.15) is 18.4 Å². The zero-order valence-electron chi connectivity index (χ0n) is 16.4. The summed E-state index contributed by atoms with van der Waals surface area (Å²) in [6.07, 6.45) is 8.92. The van der Waals surface area contributed by atoms with E-state index in [1.54, 1.807) is 12.4 Å². The first kappa shape index (κ1) is 19.6. The summed E-state index contributed by atoms with van der Waals surface area (Å²) in [6.45, 7) is 2.23. The van der Waals surface area contributed by atoms with Crippen molar-refractivity contribution in [3.8, 4) is 16.6 Å². The molecule has 0 saturated carbocycles. The molecule has 10 heteroatoms. The Kier molecular flexibility index (Phi) is 6.23. The van der Waals surface area contributed by atoms with Gasteiger partial charge in [-0.2, -0.15) is 4.98 Å². The Morgan fingerprint density at radius 1 is 1.14 bits per heavy atom. The van der Waals surface area contributed by atoms with E-state index in [2.05, 4.69) is 35.1 Å². The minimum Gasteiger partial charge on any atom is -0.460 e. The molecule has 152 valence electrons. The number of anilines is 2. The van der Waals surface area contributed by atoms with Crippen molar-refractivity contribution in [3.05, 3.63) is 36.4 Å². The highest BCUT2D eigenvalue weighted by Crippen LogP contribution is 2.29. The van der Waals surface area contributed by atoms with Gasteiger partial charge in [0, 0.05) is 49.7 Å². The monoisotopic (exact) mass is 413 g/mol. The van der Waals surface area contributed by atoms with Crippen LogP contribution in [-0.2, 0) is 11.3 Å². The standard InChI is InChI=1S/C19H23N7O2S/c1-26(2)12-13-9-21-17(22-10-13)25-19-23-11-16(29-19)15-3-6-20-18(24-15)28-14-4-7-27-8-5-14/h3,6,9-11,14H,4-5,7-8,12H2,1-2H3,(H,21,22,23,25). The van der Waals surface area contributed by atoms with Crippen molar-refractivity contribution in [1.82, 2.24) is 29.8 Å². The lowest BCUT2D eigenvalue weighted by Crippen LogP contribution is -2.26. The van der Waals surface area contributed by atoms with Crippen molar-refractivity contribution in [2.24, 2.45) is 0 Å². The second-order valence-electron chi connectivity index (χ2n) is 6.96. The summed E-state index contributed by atoms with van der Waals surface area (Å²) in [4.78, 5) is 24.9. The number of hydrogen-bond donors (Lipinski definition) is 1. The predicted octanol–water partition coefficient (Wildman–Crippen LogP) is 2.75. The molecule has 3 aromatic heterocycles. The Bertz CT molecular complexity index is 926. The Hall–Kier alpha value is -2.69. The van der Waals surface area contributed by atoms with E-state index in [1.165, 1.54) is 11.3 Å². The van der Waals surface area contributed by atoms with Crippen LogP contribution in [0.5, 0.6) is 6.01 Å². The number of thiazole rings is 1. The number of rotatable bonds is 7. The van der Waals surface area contributed by atoms with Gasteiger partial charge in [0.25, 0.3) is 0 Å². The quantitative estimate of drug-likeness (QED) is 0.627. The van der Waals surface area contributed by atoms with E-state index in [4.69, 9.17) is 9.47 Å². The first-order valence-electron chi connectivity index (χ1n) is 9.42. The van der Waals surface area contributed by atoms with Crippen molar-refractivity contribution < 1.29 is 9.47 Å². The molecule has 1 fully saturated rings. The lowest BCUT2D eigenvalue weighted by molar-refractivity contribution is 0.0217. The van der Waals surface area contributed by atoms with E-state index in [1.807, 2.05) is 32.6 Å². The van der Waals surface area contributed by atoms with Crippen LogP contribution in [0.2, 0.25) is 0 Å². The van der Waals surface area contributed by atoms with E-state index >= 15 is 0 Å². The molecule has 0 bridgehead atoms. The Morgan fingerprint density at radius 2 is 1.93 bits per heavy atom. The number of nitrogens with one attached hydrogen (secondary N) is 1. The highest BCUT2D eigenvalue weighted by atomic mass is 32.1. The predicted molar refractivity (Wildman–Crippen MR) is 110 cm³/mol. The smallest absolute Gasteiger partial charge is 0.317 e. The normalized spacial score (nSPS) is 14.9. The van der Waals surface area contributed by atoms with Crippen LogP contribution in [0.3, 0.4) is 0 Å². The summed E-state index contributed by atoms with van der Waals surface area (Å²) in [5, 5.41) is 3.84. The molecule has 0 aliphatic carbocycles. The molecule has 0 atom stereocenters. The van der Waals surface area contributed by atoms with Gasteiger partial charge >= 0.3 is 6.01 Å². The molecule has 3 aromatic rings. The lowest BCUT2D eigenvalue weighted by Gasteiger charge is -2.22. The van der Waals surface area contributed by atoms with Crippen molar-refractivity contribution in [3.63, 3.8) is 0 Å². The molecular weight excluding hydrogens is 390 g/mol. The number of nitrogens with zero attached hydrogens (tertiary/aromatic N) is 6. The second-order valence-corrected chi connectivity index (χ2v) is 7.99. The molecule has 1 N–H and O–H groups in total. The van der Waals surface area contributed by atoms with Gasteiger partial charge in [0.15, 0.2) is 5.13 Å². The summed E-state index contributed by atoms with van der Waals surface area (Å²) >= 11 is 1.47. The van der Waals surface area contributed by atoms with Crippen LogP contribution < -0.4 is 10.1 Å². The molecule has 1 aliphatic rings. The topological polar surface area (TPSA) is 98.2 Å². The molecule has 9 nitrogen and oxygen atoms in total. The van der Waals surface area contributed by atoms with Gasteiger partial charge in [-0.1, -0.05) is 11.3 Å². The van der Waals surface area contributed by atoms with Gasteiger partial charge in [-0.25, -0.2) is 19.9 Å². The molecule has 4 rings (SSSR count).